The molecule has 15 heavy (non-hydrogen) atoms. The largest absolute Gasteiger partial charge is 0.485 e. The van der Waals surface area contributed by atoms with Gasteiger partial charge in [0.1, 0.15) is 18.1 Å². The maximum Gasteiger partial charge on any atom is 0.203 e. The lowest BCUT2D eigenvalue weighted by Crippen LogP contribution is -1.98. The molecule has 0 saturated heterocycles. The van der Waals surface area contributed by atoms with Crippen molar-refractivity contribution in [3.63, 3.8) is 0 Å². The third kappa shape index (κ3) is 1.94. The lowest BCUT2D eigenvalue weighted by Gasteiger charge is -2.03. The lowest BCUT2D eigenvalue weighted by atomic mass is 10.1. The van der Waals surface area contributed by atoms with Crippen molar-refractivity contribution >= 4 is 5.78 Å². The summed E-state index contributed by atoms with van der Waals surface area (Å²) in [6.07, 6.45) is 0. The van der Waals surface area contributed by atoms with E-state index in [-0.39, 0.29) is 12.4 Å². The first-order valence-electron chi connectivity index (χ1n) is 4.63. The molecule has 0 atom stereocenters. The zero-order valence-corrected chi connectivity index (χ0v) is 8.37. The molecule has 0 fully saturated rings. The Morgan fingerprint density at radius 2 is 2.40 bits per heavy atom. The highest BCUT2D eigenvalue weighted by molar-refractivity contribution is 6.02. The van der Waals surface area contributed by atoms with Gasteiger partial charge in [-0.1, -0.05) is 5.92 Å². The molecule has 0 saturated carbocycles. The Labute approximate surface area is 88.0 Å². The number of fused-ring (bicyclic) bond motifs is 1. The number of carbonyl (C=O) groups excluding carboxylic acids is 1. The molecule has 3 nitrogen and oxygen atoms in total. The second-order valence-electron chi connectivity index (χ2n) is 3.09. The van der Waals surface area contributed by atoms with Gasteiger partial charge in [-0.05, 0) is 19.1 Å². The number of benzene rings is 1. The Hall–Kier alpha value is -1.95. The molecule has 2 rings (SSSR count). The average Bonchev–Trinajstić information content (AvgIpc) is 2.61. The predicted octanol–water partition coefficient (Wildman–Crippen LogP) is 1.66. The van der Waals surface area contributed by atoms with Crippen LogP contribution in [0.1, 0.15) is 17.3 Å². The summed E-state index contributed by atoms with van der Waals surface area (Å²) in [5.41, 5.74) is 0.629. The van der Waals surface area contributed by atoms with E-state index >= 15 is 0 Å². The first kappa shape index (κ1) is 9.60. The molecule has 1 heterocycles. The third-order valence-electron chi connectivity index (χ3n) is 2.10. The van der Waals surface area contributed by atoms with Crippen LogP contribution in [0.15, 0.2) is 18.2 Å². The minimum atomic E-state index is 0.0184. The van der Waals surface area contributed by atoms with Crippen LogP contribution in [0.2, 0.25) is 0 Å². The van der Waals surface area contributed by atoms with Gasteiger partial charge in [0, 0.05) is 6.07 Å². The number of ketones is 1. The molecule has 0 N–H and O–H groups in total. The van der Waals surface area contributed by atoms with Crippen molar-refractivity contribution in [1.82, 2.24) is 0 Å². The molecule has 1 aliphatic heterocycles. The molecule has 0 bridgehead atoms. The first-order chi connectivity index (χ1) is 7.31. The van der Waals surface area contributed by atoms with E-state index < -0.39 is 0 Å². The fourth-order valence-corrected chi connectivity index (χ4v) is 1.35. The molecule has 0 radical (unpaired) electrons. The van der Waals surface area contributed by atoms with E-state index in [4.69, 9.17) is 9.47 Å². The quantitative estimate of drug-likeness (QED) is 0.684. The molecule has 0 amide bonds. The Balaban J connectivity index is 2.15. The number of ether oxygens (including phenoxy) is 2. The summed E-state index contributed by atoms with van der Waals surface area (Å²) in [7, 11) is 0. The monoisotopic (exact) mass is 202 g/mol. The van der Waals surface area contributed by atoms with E-state index in [9.17, 15) is 4.79 Å². The standard InChI is InChI=1S/C12H10O3/c1-2-3-6-14-9-4-5-10-11(13)8-15-12(10)7-9/h4-5,7H,6,8H2,1H3. The van der Waals surface area contributed by atoms with E-state index in [0.29, 0.717) is 23.7 Å². The first-order valence-corrected chi connectivity index (χ1v) is 4.63. The van der Waals surface area contributed by atoms with Crippen LogP contribution in [-0.2, 0) is 0 Å². The van der Waals surface area contributed by atoms with Gasteiger partial charge in [0.2, 0.25) is 5.78 Å². The fraction of sp³-hybridized carbons (Fsp3) is 0.250. The number of carbonyl (C=O) groups is 1. The highest BCUT2D eigenvalue weighted by atomic mass is 16.5. The zero-order valence-electron chi connectivity index (χ0n) is 8.37. The number of hydrogen-bond donors (Lipinski definition) is 0. The molecule has 3 heteroatoms. The second-order valence-corrected chi connectivity index (χ2v) is 3.09. The van der Waals surface area contributed by atoms with Crippen molar-refractivity contribution in [1.29, 1.82) is 0 Å². The zero-order chi connectivity index (χ0) is 10.7. The average molecular weight is 202 g/mol. The molecule has 1 aromatic carbocycles. The summed E-state index contributed by atoms with van der Waals surface area (Å²) in [4.78, 5) is 11.2. The summed E-state index contributed by atoms with van der Waals surface area (Å²) in [6.45, 7) is 2.24. The van der Waals surface area contributed by atoms with Crippen LogP contribution < -0.4 is 9.47 Å². The number of Topliss-reactive ketones (excluding diaryl/α,β-unsaturated/α-hetero) is 1. The van der Waals surface area contributed by atoms with Crippen LogP contribution in [0.5, 0.6) is 11.5 Å². The van der Waals surface area contributed by atoms with Crippen LogP contribution in [0.3, 0.4) is 0 Å². The summed E-state index contributed by atoms with van der Waals surface area (Å²) < 4.78 is 10.5. The van der Waals surface area contributed by atoms with Crippen LogP contribution in [0.25, 0.3) is 0 Å². The van der Waals surface area contributed by atoms with E-state index in [1.807, 2.05) is 0 Å². The normalized spacial score (nSPS) is 12.5. The Kier molecular flexibility index (Phi) is 2.59. The van der Waals surface area contributed by atoms with Gasteiger partial charge < -0.3 is 9.47 Å². The van der Waals surface area contributed by atoms with Crippen LogP contribution in [-0.4, -0.2) is 19.0 Å². The minimum absolute atomic E-state index is 0.0184. The fourth-order valence-electron chi connectivity index (χ4n) is 1.35. The predicted molar refractivity (Wildman–Crippen MR) is 55.2 cm³/mol. The van der Waals surface area contributed by atoms with Crippen LogP contribution in [0.4, 0.5) is 0 Å². The van der Waals surface area contributed by atoms with E-state index in [0.717, 1.165) is 0 Å². The number of rotatable bonds is 2. The highest BCUT2D eigenvalue weighted by Gasteiger charge is 2.21. The molecule has 1 aromatic rings. The third-order valence-corrected chi connectivity index (χ3v) is 2.10. The molecular formula is C12H10O3. The van der Waals surface area contributed by atoms with Crippen molar-refractivity contribution in [2.75, 3.05) is 13.2 Å². The summed E-state index contributed by atoms with van der Waals surface area (Å²) in [5.74, 6) is 6.82. The van der Waals surface area contributed by atoms with Gasteiger partial charge in [-0.2, -0.15) is 0 Å². The van der Waals surface area contributed by atoms with Gasteiger partial charge in [-0.25, -0.2) is 0 Å². The van der Waals surface area contributed by atoms with Gasteiger partial charge >= 0.3 is 0 Å². The van der Waals surface area contributed by atoms with Crippen molar-refractivity contribution in [3.8, 4) is 23.3 Å². The summed E-state index contributed by atoms with van der Waals surface area (Å²) in [6, 6.07) is 5.19. The van der Waals surface area contributed by atoms with E-state index in [1.54, 1.807) is 25.1 Å². The van der Waals surface area contributed by atoms with Gasteiger partial charge in [0.15, 0.2) is 6.61 Å². The Morgan fingerprint density at radius 3 is 3.20 bits per heavy atom. The second kappa shape index (κ2) is 4.05. The van der Waals surface area contributed by atoms with Crippen molar-refractivity contribution < 1.29 is 14.3 Å². The molecule has 0 spiro atoms. The molecule has 76 valence electrons. The molecular weight excluding hydrogens is 192 g/mol. The maximum absolute atomic E-state index is 11.2. The van der Waals surface area contributed by atoms with E-state index in [2.05, 4.69) is 11.8 Å². The SMILES string of the molecule is CC#CCOc1ccc2c(c1)OCC2=O. The number of hydrogen-bond acceptors (Lipinski definition) is 3. The molecule has 0 aromatic heterocycles. The van der Waals surface area contributed by atoms with Gasteiger partial charge in [-0.3, -0.25) is 4.79 Å². The van der Waals surface area contributed by atoms with Gasteiger partial charge in [0.05, 0.1) is 5.56 Å². The van der Waals surface area contributed by atoms with Crippen molar-refractivity contribution in [2.24, 2.45) is 0 Å². The van der Waals surface area contributed by atoms with Crippen molar-refractivity contribution in [2.45, 2.75) is 6.92 Å². The van der Waals surface area contributed by atoms with Gasteiger partial charge in [0.25, 0.3) is 0 Å². The minimum Gasteiger partial charge on any atom is -0.485 e. The maximum atomic E-state index is 11.2. The Morgan fingerprint density at radius 1 is 1.53 bits per heavy atom. The van der Waals surface area contributed by atoms with Crippen molar-refractivity contribution in [3.05, 3.63) is 23.8 Å². The van der Waals surface area contributed by atoms with Crippen LogP contribution >= 0.6 is 0 Å². The smallest absolute Gasteiger partial charge is 0.203 e. The van der Waals surface area contributed by atoms with Crippen LogP contribution in [0, 0.1) is 11.8 Å². The summed E-state index contributed by atoms with van der Waals surface area (Å²) >= 11 is 0. The Bertz CT molecular complexity index is 452. The highest BCUT2D eigenvalue weighted by Crippen LogP contribution is 2.29. The molecule has 0 unspecified atom stereocenters. The summed E-state index contributed by atoms with van der Waals surface area (Å²) in [5, 5.41) is 0. The van der Waals surface area contributed by atoms with E-state index in [1.165, 1.54) is 0 Å². The lowest BCUT2D eigenvalue weighted by molar-refractivity contribution is 0.0961. The molecule has 1 aliphatic rings. The molecule has 0 aliphatic carbocycles. The van der Waals surface area contributed by atoms with Gasteiger partial charge in [-0.15, -0.1) is 5.92 Å². The topological polar surface area (TPSA) is 35.5 Å².